The molecule has 0 radical (unpaired) electrons. The molecule has 0 aliphatic rings. The summed E-state index contributed by atoms with van der Waals surface area (Å²) in [5, 5.41) is 2.31. The van der Waals surface area contributed by atoms with Crippen molar-refractivity contribution >= 4 is 28.4 Å². The number of H-pyrrole nitrogens is 1. The highest BCUT2D eigenvalue weighted by molar-refractivity contribution is 7.13. The first kappa shape index (κ1) is 9.46. The van der Waals surface area contributed by atoms with E-state index in [2.05, 4.69) is 19.9 Å². The molecule has 7 nitrogen and oxygen atoms in total. The summed E-state index contributed by atoms with van der Waals surface area (Å²) in [5.74, 6) is 0.335. The largest absolute Gasteiger partial charge is 0.370 e. The number of rotatable bonds is 2. The maximum absolute atomic E-state index is 5.44. The molecule has 0 saturated carbocycles. The molecule has 0 fully saturated rings. The number of nitrogen functional groups attached to an aromatic ring is 1. The Hall–Kier alpha value is -2.09. The molecule has 78 valence electrons. The standard InChI is InChI=1S/C7H9N7S/c8-5(9)14-7-13-4(2-15-7)3-1-11-6(10)12-3/h1-2H,(H3,10,11,12)(H4,8,9,13,14). The van der Waals surface area contributed by atoms with Gasteiger partial charge in [0.2, 0.25) is 5.13 Å². The van der Waals surface area contributed by atoms with Gasteiger partial charge in [0.05, 0.1) is 11.9 Å². The zero-order valence-corrected chi connectivity index (χ0v) is 8.45. The number of thiazole rings is 1. The molecule has 0 unspecified atom stereocenters. The van der Waals surface area contributed by atoms with Crippen molar-refractivity contribution in [1.29, 1.82) is 0 Å². The van der Waals surface area contributed by atoms with Crippen molar-refractivity contribution in [3.05, 3.63) is 11.6 Å². The Morgan fingerprint density at radius 3 is 2.87 bits per heavy atom. The Kier molecular flexibility index (Phi) is 2.26. The van der Waals surface area contributed by atoms with Gasteiger partial charge in [0.1, 0.15) is 5.69 Å². The topological polar surface area (TPSA) is 132 Å². The van der Waals surface area contributed by atoms with Crippen LogP contribution in [0.25, 0.3) is 11.4 Å². The summed E-state index contributed by atoms with van der Waals surface area (Å²) in [4.78, 5) is 14.7. The van der Waals surface area contributed by atoms with Gasteiger partial charge >= 0.3 is 0 Å². The molecule has 15 heavy (non-hydrogen) atoms. The highest BCUT2D eigenvalue weighted by Crippen LogP contribution is 2.25. The van der Waals surface area contributed by atoms with Gasteiger partial charge < -0.3 is 22.2 Å². The van der Waals surface area contributed by atoms with Crippen LogP contribution in [-0.2, 0) is 0 Å². The molecule has 2 rings (SSSR count). The lowest BCUT2D eigenvalue weighted by atomic mass is 10.4. The van der Waals surface area contributed by atoms with Crippen LogP contribution in [0.1, 0.15) is 0 Å². The summed E-state index contributed by atoms with van der Waals surface area (Å²) in [5.41, 5.74) is 17.4. The van der Waals surface area contributed by atoms with Crippen LogP contribution in [-0.4, -0.2) is 20.9 Å². The maximum atomic E-state index is 5.44. The molecule has 0 bridgehead atoms. The Balaban J connectivity index is 2.31. The third-order valence-corrected chi connectivity index (χ3v) is 2.32. The van der Waals surface area contributed by atoms with Crippen molar-refractivity contribution in [3.8, 4) is 11.4 Å². The van der Waals surface area contributed by atoms with E-state index in [1.54, 1.807) is 6.20 Å². The van der Waals surface area contributed by atoms with Crippen LogP contribution in [0, 0.1) is 0 Å². The lowest BCUT2D eigenvalue weighted by Crippen LogP contribution is -2.21. The number of hydrogen-bond acceptors (Lipinski definition) is 5. The minimum Gasteiger partial charge on any atom is -0.370 e. The van der Waals surface area contributed by atoms with E-state index in [1.807, 2.05) is 5.38 Å². The fourth-order valence-corrected chi connectivity index (χ4v) is 1.72. The van der Waals surface area contributed by atoms with Gasteiger partial charge in [0.15, 0.2) is 11.9 Å². The van der Waals surface area contributed by atoms with Crippen LogP contribution in [0.5, 0.6) is 0 Å². The molecule has 0 aliphatic carbocycles. The van der Waals surface area contributed by atoms with Crippen LogP contribution in [0.2, 0.25) is 0 Å². The van der Waals surface area contributed by atoms with Gasteiger partial charge in [-0.3, -0.25) is 0 Å². The quantitative estimate of drug-likeness (QED) is 0.421. The van der Waals surface area contributed by atoms with Gasteiger partial charge in [0, 0.05) is 5.38 Å². The molecule has 2 aromatic heterocycles. The number of nitrogens with two attached hydrogens (primary N) is 3. The minimum absolute atomic E-state index is 0.0139. The van der Waals surface area contributed by atoms with Crippen molar-refractivity contribution in [2.45, 2.75) is 0 Å². The summed E-state index contributed by atoms with van der Waals surface area (Å²) < 4.78 is 0. The van der Waals surface area contributed by atoms with Crippen molar-refractivity contribution in [3.63, 3.8) is 0 Å². The van der Waals surface area contributed by atoms with Gasteiger partial charge in [-0.15, -0.1) is 11.3 Å². The Labute approximate surface area is 89.1 Å². The third kappa shape index (κ3) is 2.05. The number of anilines is 1. The monoisotopic (exact) mass is 223 g/mol. The second kappa shape index (κ2) is 3.58. The van der Waals surface area contributed by atoms with Crippen LogP contribution in [0.15, 0.2) is 16.6 Å². The predicted octanol–water partition coefficient (Wildman–Crippen LogP) is 0.0203. The van der Waals surface area contributed by atoms with Gasteiger partial charge in [-0.1, -0.05) is 0 Å². The van der Waals surface area contributed by atoms with Crippen molar-refractivity contribution in [2.24, 2.45) is 16.5 Å². The van der Waals surface area contributed by atoms with Crippen molar-refractivity contribution in [2.75, 3.05) is 5.73 Å². The molecule has 0 aromatic carbocycles. The fourth-order valence-electron chi connectivity index (χ4n) is 1.02. The minimum atomic E-state index is -0.0139. The molecule has 2 aromatic rings. The lowest BCUT2D eigenvalue weighted by Gasteiger charge is -1.88. The zero-order chi connectivity index (χ0) is 10.8. The van der Waals surface area contributed by atoms with E-state index in [4.69, 9.17) is 17.2 Å². The number of nitrogens with one attached hydrogen (secondary N) is 1. The van der Waals surface area contributed by atoms with Crippen LogP contribution in [0.3, 0.4) is 0 Å². The summed E-state index contributed by atoms with van der Waals surface area (Å²) in [6, 6.07) is 0. The van der Waals surface area contributed by atoms with Gasteiger partial charge in [-0.25, -0.2) is 9.97 Å². The zero-order valence-electron chi connectivity index (χ0n) is 7.64. The first-order chi connectivity index (χ1) is 7.15. The smallest absolute Gasteiger partial charge is 0.212 e. The van der Waals surface area contributed by atoms with Gasteiger partial charge in [-0.05, 0) is 0 Å². The van der Waals surface area contributed by atoms with E-state index >= 15 is 0 Å². The molecule has 2 heterocycles. The first-order valence-corrected chi connectivity index (χ1v) is 4.89. The van der Waals surface area contributed by atoms with E-state index < -0.39 is 0 Å². The summed E-state index contributed by atoms with van der Waals surface area (Å²) in [6.07, 6.45) is 1.60. The first-order valence-electron chi connectivity index (χ1n) is 4.01. The Morgan fingerprint density at radius 1 is 1.47 bits per heavy atom. The molecule has 7 N–H and O–H groups in total. The summed E-state index contributed by atoms with van der Waals surface area (Å²) in [7, 11) is 0. The average Bonchev–Trinajstić information content (AvgIpc) is 2.72. The van der Waals surface area contributed by atoms with Crippen LogP contribution < -0.4 is 17.2 Å². The molecule has 8 heteroatoms. The van der Waals surface area contributed by atoms with E-state index in [9.17, 15) is 0 Å². The normalized spacial score (nSPS) is 10.1. The maximum Gasteiger partial charge on any atom is 0.212 e. The number of aliphatic imine (C=N–C) groups is 1. The number of imidazole rings is 1. The fraction of sp³-hybridized carbons (Fsp3) is 0. The average molecular weight is 223 g/mol. The predicted molar refractivity (Wildman–Crippen MR) is 59.6 cm³/mol. The lowest BCUT2D eigenvalue weighted by molar-refractivity contribution is 1.29. The Bertz CT molecular complexity index is 493. The van der Waals surface area contributed by atoms with Crippen molar-refractivity contribution < 1.29 is 0 Å². The number of guanidine groups is 1. The number of hydrogen-bond donors (Lipinski definition) is 4. The molecule has 0 aliphatic heterocycles. The van der Waals surface area contributed by atoms with E-state index in [-0.39, 0.29) is 5.96 Å². The molecule has 0 saturated heterocycles. The highest BCUT2D eigenvalue weighted by Gasteiger charge is 2.06. The van der Waals surface area contributed by atoms with Gasteiger partial charge in [-0.2, -0.15) is 4.99 Å². The third-order valence-electron chi connectivity index (χ3n) is 1.59. The second-order valence-corrected chi connectivity index (χ2v) is 3.57. The number of nitrogens with zero attached hydrogens (tertiary/aromatic N) is 3. The second-order valence-electron chi connectivity index (χ2n) is 2.73. The van der Waals surface area contributed by atoms with E-state index in [0.717, 1.165) is 5.69 Å². The summed E-state index contributed by atoms with van der Waals surface area (Å²) in [6.45, 7) is 0. The number of aromatic amines is 1. The summed E-state index contributed by atoms with van der Waals surface area (Å²) >= 11 is 1.33. The molecule has 0 spiro atoms. The van der Waals surface area contributed by atoms with Crippen LogP contribution in [0.4, 0.5) is 11.1 Å². The SMILES string of the molecule is NC(N)=Nc1nc(-c2cnc(N)[nH]2)cs1. The number of aromatic nitrogens is 3. The molecule has 0 atom stereocenters. The van der Waals surface area contributed by atoms with E-state index in [1.165, 1.54) is 11.3 Å². The van der Waals surface area contributed by atoms with Gasteiger partial charge in [0.25, 0.3) is 0 Å². The van der Waals surface area contributed by atoms with E-state index in [0.29, 0.717) is 16.8 Å². The van der Waals surface area contributed by atoms with Crippen LogP contribution >= 0.6 is 11.3 Å². The van der Waals surface area contributed by atoms with Crippen molar-refractivity contribution in [1.82, 2.24) is 15.0 Å². The molecular formula is C7H9N7S. The molecule has 0 amide bonds. The Morgan fingerprint density at radius 2 is 2.27 bits per heavy atom. The highest BCUT2D eigenvalue weighted by atomic mass is 32.1. The molecular weight excluding hydrogens is 214 g/mol.